The predicted octanol–water partition coefficient (Wildman–Crippen LogP) is 6.18. The van der Waals surface area contributed by atoms with E-state index in [1.165, 1.54) is 24.3 Å². The molecule has 0 amide bonds. The van der Waals surface area contributed by atoms with Crippen molar-refractivity contribution >= 4 is 19.0 Å². The van der Waals surface area contributed by atoms with Gasteiger partial charge in [0.25, 0.3) is 0 Å². The van der Waals surface area contributed by atoms with Gasteiger partial charge in [0.1, 0.15) is 5.66 Å². The van der Waals surface area contributed by atoms with Crippen molar-refractivity contribution in [2.45, 2.75) is 18.0 Å². The first-order valence-electron chi connectivity index (χ1n) is 7.96. The molecule has 1 aliphatic rings. The summed E-state index contributed by atoms with van der Waals surface area (Å²) in [5.74, 6) is 0. The van der Waals surface area contributed by atoms with E-state index in [0.29, 0.717) is 11.4 Å². The van der Waals surface area contributed by atoms with Crippen molar-refractivity contribution in [3.05, 3.63) is 59.7 Å². The van der Waals surface area contributed by atoms with Crippen LogP contribution in [0.15, 0.2) is 48.5 Å². The number of rotatable bonds is 5. The van der Waals surface area contributed by atoms with Crippen LogP contribution in [-0.2, 0) is 13.6 Å². The molecule has 0 spiro atoms. The molecule has 1 heterocycles. The third kappa shape index (κ3) is 4.68. The number of anilines is 2. The lowest BCUT2D eigenvalue weighted by atomic mass is 9.97. The van der Waals surface area contributed by atoms with E-state index >= 15 is 0 Å². The van der Waals surface area contributed by atoms with Crippen molar-refractivity contribution in [2.75, 3.05) is 18.5 Å². The summed E-state index contributed by atoms with van der Waals surface area (Å²) in [6, 6.07) is 12.3. The van der Waals surface area contributed by atoms with Crippen molar-refractivity contribution in [2.24, 2.45) is 0 Å². The van der Waals surface area contributed by atoms with Crippen LogP contribution in [0.1, 0.15) is 16.8 Å². The molecule has 4 nitrogen and oxygen atoms in total. The maximum absolute atomic E-state index is 13.3. The molecule has 0 aromatic heterocycles. The highest BCUT2D eigenvalue weighted by Crippen LogP contribution is 2.67. The van der Waals surface area contributed by atoms with E-state index in [0.717, 1.165) is 0 Å². The summed E-state index contributed by atoms with van der Waals surface area (Å²) in [5, 5.41) is 3.01. The summed E-state index contributed by atoms with van der Waals surface area (Å²) < 4.78 is 98.5. The van der Waals surface area contributed by atoms with Gasteiger partial charge in [0.15, 0.2) is 13.2 Å². The highest BCUT2D eigenvalue weighted by molar-refractivity contribution is 7.54. The van der Waals surface area contributed by atoms with Crippen LogP contribution in [0.4, 0.5) is 37.7 Å². The first kappa shape index (κ1) is 20.7. The van der Waals surface area contributed by atoms with Crippen LogP contribution < -0.4 is 5.32 Å². The molecular formula is C17H14F6NO3P. The number of benzene rings is 2. The molecule has 0 fully saturated rings. The van der Waals surface area contributed by atoms with Crippen LogP contribution in [0.25, 0.3) is 0 Å². The van der Waals surface area contributed by atoms with Crippen LogP contribution in [-0.4, -0.2) is 25.6 Å². The molecule has 11 heteroatoms. The predicted molar refractivity (Wildman–Crippen MR) is 89.6 cm³/mol. The Morgan fingerprint density at radius 2 is 1.18 bits per heavy atom. The summed E-state index contributed by atoms with van der Waals surface area (Å²) in [6.07, 6.45) is -9.80. The Bertz CT molecular complexity index is 831. The number of fused-ring (bicyclic) bond motifs is 2. The van der Waals surface area contributed by atoms with Gasteiger partial charge >= 0.3 is 19.9 Å². The molecule has 0 atom stereocenters. The summed E-state index contributed by atoms with van der Waals surface area (Å²) in [7, 11) is -4.93. The van der Waals surface area contributed by atoms with Gasteiger partial charge in [-0.05, 0) is 23.3 Å². The Morgan fingerprint density at radius 3 is 1.57 bits per heavy atom. The van der Waals surface area contributed by atoms with Crippen molar-refractivity contribution < 1.29 is 40.0 Å². The minimum atomic E-state index is -4.93. The molecule has 0 saturated heterocycles. The van der Waals surface area contributed by atoms with Gasteiger partial charge in [0.05, 0.1) is 0 Å². The minimum absolute atomic E-state index is 0.217. The third-order valence-electron chi connectivity index (χ3n) is 3.91. The van der Waals surface area contributed by atoms with Crippen LogP contribution in [0.2, 0.25) is 0 Å². The fraction of sp³-hybridized carbons (Fsp3) is 0.294. The zero-order chi connectivity index (χ0) is 20.6. The smallest absolute Gasteiger partial charge is 0.355 e. The molecule has 0 unspecified atom stereocenters. The zero-order valence-corrected chi connectivity index (χ0v) is 14.9. The maximum atomic E-state index is 13.3. The minimum Gasteiger partial charge on any atom is -0.355 e. The van der Waals surface area contributed by atoms with E-state index in [9.17, 15) is 30.9 Å². The van der Waals surface area contributed by atoms with E-state index in [4.69, 9.17) is 0 Å². The second-order valence-corrected chi connectivity index (χ2v) is 8.13. The number of halogens is 6. The lowest BCUT2D eigenvalue weighted by Crippen LogP contribution is -2.23. The van der Waals surface area contributed by atoms with Crippen LogP contribution in [0.5, 0.6) is 0 Å². The van der Waals surface area contributed by atoms with E-state index in [-0.39, 0.29) is 11.1 Å². The van der Waals surface area contributed by atoms with E-state index < -0.39 is 38.8 Å². The zero-order valence-electron chi connectivity index (χ0n) is 14.1. The first-order valence-corrected chi connectivity index (χ1v) is 9.57. The lowest BCUT2D eigenvalue weighted by molar-refractivity contribution is -0.165. The summed E-state index contributed by atoms with van der Waals surface area (Å²) in [4.78, 5) is 0. The fourth-order valence-corrected chi connectivity index (χ4v) is 5.02. The Kier molecular flexibility index (Phi) is 5.49. The molecule has 28 heavy (non-hydrogen) atoms. The SMILES string of the molecule is O=P(OCC(F)(F)F)(OCC(F)(F)F)C1c2ccccc2Nc2ccccc21. The van der Waals surface area contributed by atoms with E-state index in [1.54, 1.807) is 24.3 Å². The number of nitrogens with one attached hydrogen (secondary N) is 1. The lowest BCUT2D eigenvalue weighted by Gasteiger charge is -2.34. The van der Waals surface area contributed by atoms with E-state index in [1.807, 2.05) is 0 Å². The normalized spacial score (nSPS) is 14.9. The molecule has 0 radical (unpaired) electrons. The summed E-state index contributed by atoms with van der Waals surface area (Å²) in [5.41, 5.74) is -0.246. The molecule has 1 N–H and O–H groups in total. The van der Waals surface area contributed by atoms with Gasteiger partial charge in [-0.1, -0.05) is 36.4 Å². The van der Waals surface area contributed by atoms with Gasteiger partial charge in [-0.3, -0.25) is 13.6 Å². The average Bonchev–Trinajstić information content (AvgIpc) is 2.61. The topological polar surface area (TPSA) is 47.6 Å². The van der Waals surface area contributed by atoms with Gasteiger partial charge in [0.2, 0.25) is 0 Å². The quantitative estimate of drug-likeness (QED) is 0.459. The summed E-state index contributed by atoms with van der Waals surface area (Å²) >= 11 is 0. The number of para-hydroxylation sites is 2. The Morgan fingerprint density at radius 1 is 0.786 bits per heavy atom. The Balaban J connectivity index is 2.09. The first-order chi connectivity index (χ1) is 13.0. The molecule has 0 bridgehead atoms. The number of hydrogen-bond acceptors (Lipinski definition) is 4. The molecule has 1 aliphatic heterocycles. The monoisotopic (exact) mass is 425 g/mol. The van der Waals surface area contributed by atoms with Crippen LogP contribution in [0, 0.1) is 0 Å². The van der Waals surface area contributed by atoms with Gasteiger partial charge in [0, 0.05) is 11.4 Å². The molecule has 152 valence electrons. The standard InChI is InChI=1S/C17H14F6NO3P/c18-16(19,20)9-26-28(25,27-10-17(21,22)23)15-11-5-1-3-7-13(11)24-14-8-4-2-6-12(14)15/h1-8,15,24H,9-10H2. The summed E-state index contributed by atoms with van der Waals surface area (Å²) in [6.45, 7) is -4.01. The highest BCUT2D eigenvalue weighted by Gasteiger charge is 2.47. The highest BCUT2D eigenvalue weighted by atomic mass is 31.2. The van der Waals surface area contributed by atoms with Gasteiger partial charge < -0.3 is 5.32 Å². The second-order valence-electron chi connectivity index (χ2n) is 6.02. The second kappa shape index (κ2) is 7.42. The Hall–Kier alpha value is -2.03. The Labute approximate surface area is 156 Å². The van der Waals surface area contributed by atoms with Gasteiger partial charge in [-0.25, -0.2) is 0 Å². The van der Waals surface area contributed by atoms with Gasteiger partial charge in [-0.15, -0.1) is 0 Å². The molecule has 2 aromatic carbocycles. The van der Waals surface area contributed by atoms with Crippen molar-refractivity contribution in [1.82, 2.24) is 0 Å². The van der Waals surface area contributed by atoms with Crippen molar-refractivity contribution in [3.8, 4) is 0 Å². The maximum Gasteiger partial charge on any atom is 0.412 e. The van der Waals surface area contributed by atoms with Crippen LogP contribution in [0.3, 0.4) is 0 Å². The average molecular weight is 425 g/mol. The fourth-order valence-electron chi connectivity index (χ4n) is 2.86. The number of alkyl halides is 6. The van der Waals surface area contributed by atoms with Gasteiger partial charge in [-0.2, -0.15) is 26.3 Å². The molecule has 3 rings (SSSR count). The van der Waals surface area contributed by atoms with Crippen molar-refractivity contribution in [1.29, 1.82) is 0 Å². The molecule has 0 saturated carbocycles. The van der Waals surface area contributed by atoms with Crippen LogP contribution >= 0.6 is 7.60 Å². The molecular weight excluding hydrogens is 411 g/mol. The largest absolute Gasteiger partial charge is 0.412 e. The van der Waals surface area contributed by atoms with Crippen molar-refractivity contribution in [3.63, 3.8) is 0 Å². The number of hydrogen-bond donors (Lipinski definition) is 1. The van der Waals surface area contributed by atoms with E-state index in [2.05, 4.69) is 14.4 Å². The molecule has 2 aromatic rings. The molecule has 0 aliphatic carbocycles. The third-order valence-corrected chi connectivity index (χ3v) is 6.08.